The van der Waals surface area contributed by atoms with E-state index in [2.05, 4.69) is 10.3 Å². The normalized spacial score (nSPS) is 10.5. The summed E-state index contributed by atoms with van der Waals surface area (Å²) in [4.78, 5) is 39.3. The molecule has 0 fully saturated rings. The highest BCUT2D eigenvalue weighted by atomic mass is 35.5. The molecule has 132 valence electrons. The average Bonchev–Trinajstić information content (AvgIpc) is 2.62. The standard InChI is InChI=1S/C18H13ClFN3O3/c19-15-4-2-1-3-11(15)10-23-17(25)14(9-21-18(23)26)16(24)22-13-7-5-12(20)6-8-13/h1-9H,10H2,(H,21,26)(H,22,24). The molecule has 3 aromatic rings. The molecule has 0 aliphatic rings. The first kappa shape index (κ1) is 17.6. The van der Waals surface area contributed by atoms with Gasteiger partial charge in [-0.1, -0.05) is 29.8 Å². The SMILES string of the molecule is O=C(Nc1ccc(F)cc1)c1c[nH]c(=O)n(Cc2ccccc2Cl)c1=O. The number of carbonyl (C=O) groups excluding carboxylic acids is 1. The largest absolute Gasteiger partial charge is 0.328 e. The summed E-state index contributed by atoms with van der Waals surface area (Å²) in [6.07, 6.45) is 1.05. The van der Waals surface area contributed by atoms with Gasteiger partial charge in [0.1, 0.15) is 11.4 Å². The predicted molar refractivity (Wildman–Crippen MR) is 96.2 cm³/mol. The van der Waals surface area contributed by atoms with Crippen LogP contribution in [0.2, 0.25) is 5.02 Å². The van der Waals surface area contributed by atoms with Crippen molar-refractivity contribution in [1.29, 1.82) is 0 Å². The zero-order chi connectivity index (χ0) is 18.7. The van der Waals surface area contributed by atoms with Crippen molar-refractivity contribution in [3.63, 3.8) is 0 Å². The fraction of sp³-hybridized carbons (Fsp3) is 0.0556. The van der Waals surface area contributed by atoms with Gasteiger partial charge in [-0.15, -0.1) is 0 Å². The van der Waals surface area contributed by atoms with Gasteiger partial charge in [-0.05, 0) is 35.9 Å². The minimum atomic E-state index is -0.756. The van der Waals surface area contributed by atoms with Crippen molar-refractivity contribution in [3.8, 4) is 0 Å². The predicted octanol–water partition coefficient (Wildman–Crippen LogP) is 2.63. The lowest BCUT2D eigenvalue weighted by atomic mass is 10.2. The van der Waals surface area contributed by atoms with Crippen LogP contribution in [0.25, 0.3) is 0 Å². The van der Waals surface area contributed by atoms with E-state index in [0.717, 1.165) is 10.8 Å². The molecule has 2 N–H and O–H groups in total. The smallest absolute Gasteiger partial charge is 0.322 e. The summed E-state index contributed by atoms with van der Waals surface area (Å²) in [6, 6.07) is 11.9. The maximum atomic E-state index is 12.9. The number of hydrogen-bond acceptors (Lipinski definition) is 3. The van der Waals surface area contributed by atoms with Crippen molar-refractivity contribution >= 4 is 23.2 Å². The van der Waals surface area contributed by atoms with Crippen molar-refractivity contribution < 1.29 is 9.18 Å². The van der Waals surface area contributed by atoms with Crippen LogP contribution >= 0.6 is 11.6 Å². The lowest BCUT2D eigenvalue weighted by Crippen LogP contribution is -2.39. The van der Waals surface area contributed by atoms with Crippen molar-refractivity contribution in [3.05, 3.63) is 97.5 Å². The summed E-state index contributed by atoms with van der Waals surface area (Å²) in [7, 11) is 0. The van der Waals surface area contributed by atoms with E-state index in [1.807, 2.05) is 0 Å². The van der Waals surface area contributed by atoms with Gasteiger partial charge in [-0.3, -0.25) is 14.2 Å². The third-order valence-electron chi connectivity index (χ3n) is 3.69. The van der Waals surface area contributed by atoms with Crippen molar-refractivity contribution in [2.75, 3.05) is 5.32 Å². The van der Waals surface area contributed by atoms with Crippen LogP contribution in [0.5, 0.6) is 0 Å². The number of amides is 1. The van der Waals surface area contributed by atoms with Gasteiger partial charge in [0.05, 0.1) is 6.54 Å². The maximum absolute atomic E-state index is 12.9. The van der Waals surface area contributed by atoms with Gasteiger partial charge in [0.15, 0.2) is 0 Å². The third kappa shape index (κ3) is 3.73. The number of nitrogens with zero attached hydrogens (tertiary/aromatic N) is 1. The monoisotopic (exact) mass is 373 g/mol. The summed E-state index contributed by atoms with van der Waals surface area (Å²) < 4.78 is 13.8. The number of halogens is 2. The van der Waals surface area contributed by atoms with Crippen LogP contribution in [0.3, 0.4) is 0 Å². The quantitative estimate of drug-likeness (QED) is 0.737. The number of H-pyrrole nitrogens is 1. The minimum absolute atomic E-state index is 0.0779. The van der Waals surface area contributed by atoms with Crippen LogP contribution in [0.15, 0.2) is 64.3 Å². The van der Waals surface area contributed by atoms with Crippen LogP contribution in [0, 0.1) is 5.82 Å². The molecule has 1 aromatic heterocycles. The number of anilines is 1. The van der Waals surface area contributed by atoms with Crippen LogP contribution in [-0.4, -0.2) is 15.5 Å². The van der Waals surface area contributed by atoms with Gasteiger partial charge in [0.2, 0.25) is 0 Å². The van der Waals surface area contributed by atoms with Crippen LogP contribution in [0.1, 0.15) is 15.9 Å². The molecule has 2 aromatic carbocycles. The molecule has 0 aliphatic heterocycles. The fourth-order valence-corrected chi connectivity index (χ4v) is 2.54. The lowest BCUT2D eigenvalue weighted by molar-refractivity contribution is 0.102. The van der Waals surface area contributed by atoms with E-state index in [1.54, 1.807) is 24.3 Å². The molecule has 0 aliphatic carbocycles. The Morgan fingerprint density at radius 2 is 1.81 bits per heavy atom. The molecule has 6 nitrogen and oxygen atoms in total. The van der Waals surface area contributed by atoms with Crippen LogP contribution < -0.4 is 16.6 Å². The second-order valence-electron chi connectivity index (χ2n) is 5.45. The minimum Gasteiger partial charge on any atom is -0.322 e. The summed E-state index contributed by atoms with van der Waals surface area (Å²) in [6.45, 7) is -0.0779. The number of aromatic amines is 1. The Bertz CT molecular complexity index is 1070. The number of carbonyl (C=O) groups is 1. The Labute approximate surface area is 151 Å². The van der Waals surface area contributed by atoms with Crippen LogP contribution in [-0.2, 0) is 6.54 Å². The highest BCUT2D eigenvalue weighted by Crippen LogP contribution is 2.15. The molecule has 26 heavy (non-hydrogen) atoms. The van der Waals surface area contributed by atoms with Gasteiger partial charge in [0, 0.05) is 16.9 Å². The first-order valence-corrected chi connectivity index (χ1v) is 7.96. The fourth-order valence-electron chi connectivity index (χ4n) is 2.35. The summed E-state index contributed by atoms with van der Waals surface area (Å²) in [5, 5.41) is 2.88. The Balaban J connectivity index is 1.93. The molecular formula is C18H13ClFN3O3. The van der Waals surface area contributed by atoms with Crippen molar-refractivity contribution in [1.82, 2.24) is 9.55 Å². The van der Waals surface area contributed by atoms with E-state index in [-0.39, 0.29) is 12.1 Å². The molecule has 8 heteroatoms. The molecule has 0 saturated carbocycles. The molecule has 0 radical (unpaired) electrons. The molecular weight excluding hydrogens is 361 g/mol. The Kier molecular flexibility index (Phi) is 4.99. The average molecular weight is 374 g/mol. The van der Waals surface area contributed by atoms with E-state index in [4.69, 9.17) is 11.6 Å². The van der Waals surface area contributed by atoms with Gasteiger partial charge in [-0.2, -0.15) is 0 Å². The lowest BCUT2D eigenvalue weighted by Gasteiger charge is -2.09. The van der Waals surface area contributed by atoms with E-state index >= 15 is 0 Å². The Hall–Kier alpha value is -3.19. The zero-order valence-corrected chi connectivity index (χ0v) is 14.1. The van der Waals surface area contributed by atoms with Crippen LogP contribution in [0.4, 0.5) is 10.1 Å². The molecule has 3 rings (SSSR count). The van der Waals surface area contributed by atoms with E-state index in [0.29, 0.717) is 16.3 Å². The highest BCUT2D eigenvalue weighted by molar-refractivity contribution is 6.31. The van der Waals surface area contributed by atoms with E-state index in [1.165, 1.54) is 24.3 Å². The second kappa shape index (κ2) is 7.37. The number of benzene rings is 2. The number of aromatic nitrogens is 2. The van der Waals surface area contributed by atoms with Gasteiger partial charge in [-0.25, -0.2) is 9.18 Å². The molecule has 0 bridgehead atoms. The second-order valence-corrected chi connectivity index (χ2v) is 5.86. The molecule has 0 spiro atoms. The third-order valence-corrected chi connectivity index (χ3v) is 4.06. The van der Waals surface area contributed by atoms with E-state index in [9.17, 15) is 18.8 Å². The molecule has 0 atom stereocenters. The Morgan fingerprint density at radius 3 is 2.50 bits per heavy atom. The van der Waals surface area contributed by atoms with Gasteiger partial charge in [0.25, 0.3) is 11.5 Å². The molecule has 1 heterocycles. The molecule has 0 saturated heterocycles. The molecule has 0 unspecified atom stereocenters. The first-order valence-electron chi connectivity index (χ1n) is 7.58. The van der Waals surface area contributed by atoms with E-state index < -0.39 is 23.0 Å². The number of hydrogen-bond donors (Lipinski definition) is 2. The highest BCUT2D eigenvalue weighted by Gasteiger charge is 2.16. The topological polar surface area (TPSA) is 84.0 Å². The summed E-state index contributed by atoms with van der Waals surface area (Å²) in [5.41, 5.74) is -0.778. The summed E-state index contributed by atoms with van der Waals surface area (Å²) >= 11 is 6.06. The maximum Gasteiger partial charge on any atom is 0.328 e. The number of rotatable bonds is 4. The van der Waals surface area contributed by atoms with Crippen molar-refractivity contribution in [2.45, 2.75) is 6.54 Å². The van der Waals surface area contributed by atoms with Gasteiger partial charge < -0.3 is 10.3 Å². The Morgan fingerprint density at radius 1 is 1.12 bits per heavy atom. The molecule has 1 amide bonds. The van der Waals surface area contributed by atoms with Gasteiger partial charge >= 0.3 is 5.69 Å². The number of nitrogens with one attached hydrogen (secondary N) is 2. The van der Waals surface area contributed by atoms with Crippen molar-refractivity contribution in [2.24, 2.45) is 0 Å². The first-order chi connectivity index (χ1) is 12.5. The zero-order valence-electron chi connectivity index (χ0n) is 13.3. The summed E-state index contributed by atoms with van der Waals surface area (Å²) in [5.74, 6) is -1.17.